The molecular formula is C13H18Cl2N4O. The minimum atomic E-state index is 0. The third-order valence-electron chi connectivity index (χ3n) is 3.26. The van der Waals surface area contributed by atoms with E-state index < -0.39 is 0 Å². The van der Waals surface area contributed by atoms with Crippen molar-refractivity contribution in [3.05, 3.63) is 30.4 Å². The van der Waals surface area contributed by atoms with Gasteiger partial charge in [-0.25, -0.2) is 0 Å². The van der Waals surface area contributed by atoms with Crippen LogP contribution in [0.25, 0.3) is 11.5 Å². The lowest BCUT2D eigenvalue weighted by molar-refractivity contribution is 0.419. The molecule has 0 aromatic carbocycles. The molecular weight excluding hydrogens is 299 g/mol. The molecule has 0 radical (unpaired) electrons. The zero-order valence-corrected chi connectivity index (χ0v) is 12.6. The topological polar surface area (TPSA) is 63.8 Å². The van der Waals surface area contributed by atoms with Gasteiger partial charge in [-0.15, -0.1) is 24.8 Å². The first-order chi connectivity index (χ1) is 8.92. The van der Waals surface area contributed by atoms with E-state index >= 15 is 0 Å². The molecule has 20 heavy (non-hydrogen) atoms. The molecule has 1 N–H and O–H groups in total. The molecule has 3 heterocycles. The predicted molar refractivity (Wildman–Crippen MR) is 81.4 cm³/mol. The van der Waals surface area contributed by atoms with Crippen molar-refractivity contribution in [2.24, 2.45) is 0 Å². The van der Waals surface area contributed by atoms with Crippen LogP contribution < -0.4 is 5.32 Å². The zero-order valence-electron chi connectivity index (χ0n) is 11.0. The van der Waals surface area contributed by atoms with Gasteiger partial charge >= 0.3 is 0 Å². The van der Waals surface area contributed by atoms with Gasteiger partial charge in [0.1, 0.15) is 0 Å². The largest absolute Gasteiger partial charge is 0.334 e. The highest BCUT2D eigenvalue weighted by atomic mass is 35.5. The molecule has 0 amide bonds. The fourth-order valence-corrected chi connectivity index (χ4v) is 2.27. The molecule has 1 aliphatic heterocycles. The van der Waals surface area contributed by atoms with Crippen LogP contribution in [-0.2, 0) is 6.42 Å². The van der Waals surface area contributed by atoms with Crippen LogP contribution >= 0.6 is 24.8 Å². The van der Waals surface area contributed by atoms with E-state index in [1.807, 2.05) is 12.1 Å². The quantitative estimate of drug-likeness (QED) is 0.939. The second kappa shape index (κ2) is 8.19. The number of nitrogens with zero attached hydrogens (tertiary/aromatic N) is 3. The Labute approximate surface area is 130 Å². The highest BCUT2D eigenvalue weighted by Crippen LogP contribution is 2.17. The minimum absolute atomic E-state index is 0. The number of halogens is 2. The second-order valence-corrected chi connectivity index (χ2v) is 4.59. The fraction of sp³-hybridized carbons (Fsp3) is 0.462. The molecule has 0 aliphatic carbocycles. The molecule has 110 valence electrons. The highest BCUT2D eigenvalue weighted by Gasteiger charge is 2.15. The summed E-state index contributed by atoms with van der Waals surface area (Å²) in [6, 6.07) is 4.40. The Kier molecular flexibility index (Phi) is 6.91. The molecule has 2 aromatic heterocycles. The van der Waals surface area contributed by atoms with Crippen LogP contribution in [0.3, 0.4) is 0 Å². The first kappa shape index (κ1) is 16.9. The predicted octanol–water partition coefficient (Wildman–Crippen LogP) is 2.66. The van der Waals surface area contributed by atoms with Crippen molar-refractivity contribution in [2.75, 3.05) is 6.54 Å². The molecule has 5 nitrogen and oxygen atoms in total. The van der Waals surface area contributed by atoms with E-state index in [1.165, 1.54) is 12.8 Å². The lowest BCUT2D eigenvalue weighted by Crippen LogP contribution is -2.21. The smallest absolute Gasteiger partial charge is 0.259 e. The maximum Gasteiger partial charge on any atom is 0.259 e. The van der Waals surface area contributed by atoms with Gasteiger partial charge in [0.25, 0.3) is 5.89 Å². The summed E-state index contributed by atoms with van der Waals surface area (Å²) in [5, 5.41) is 7.48. The van der Waals surface area contributed by atoms with Crippen molar-refractivity contribution < 1.29 is 4.52 Å². The maximum atomic E-state index is 5.24. The number of aryl methyl sites for hydroxylation is 1. The summed E-state index contributed by atoms with van der Waals surface area (Å²) in [7, 11) is 0. The Morgan fingerprint density at radius 3 is 2.95 bits per heavy atom. The Morgan fingerprint density at radius 2 is 2.25 bits per heavy atom. The van der Waals surface area contributed by atoms with Gasteiger partial charge in [-0.3, -0.25) is 4.98 Å². The molecule has 3 rings (SSSR count). The number of hydrogen-bond acceptors (Lipinski definition) is 5. The van der Waals surface area contributed by atoms with Crippen molar-refractivity contribution in [2.45, 2.75) is 31.7 Å². The first-order valence-electron chi connectivity index (χ1n) is 6.38. The SMILES string of the molecule is Cl.Cl.c1cncc(-c2nc(CCC3CCCN3)no2)c1. The summed E-state index contributed by atoms with van der Waals surface area (Å²) in [4.78, 5) is 8.44. The van der Waals surface area contributed by atoms with E-state index in [0.29, 0.717) is 11.9 Å². The Bertz CT molecular complexity index is 500. The van der Waals surface area contributed by atoms with Crippen molar-refractivity contribution in [3.8, 4) is 11.5 Å². The van der Waals surface area contributed by atoms with Crippen LogP contribution in [-0.4, -0.2) is 27.7 Å². The molecule has 7 heteroatoms. The summed E-state index contributed by atoms with van der Waals surface area (Å²) < 4.78 is 5.24. The average molecular weight is 317 g/mol. The van der Waals surface area contributed by atoms with E-state index in [2.05, 4.69) is 20.4 Å². The van der Waals surface area contributed by atoms with E-state index in [4.69, 9.17) is 4.52 Å². The molecule has 1 fully saturated rings. The monoisotopic (exact) mass is 316 g/mol. The lowest BCUT2D eigenvalue weighted by Gasteiger charge is -2.06. The van der Waals surface area contributed by atoms with Crippen molar-refractivity contribution in [1.29, 1.82) is 0 Å². The number of hydrogen-bond donors (Lipinski definition) is 1. The van der Waals surface area contributed by atoms with Crippen molar-refractivity contribution in [1.82, 2.24) is 20.4 Å². The van der Waals surface area contributed by atoms with E-state index in [-0.39, 0.29) is 24.8 Å². The Hall–Kier alpha value is -1.17. The van der Waals surface area contributed by atoms with Crippen LogP contribution in [0.1, 0.15) is 25.1 Å². The van der Waals surface area contributed by atoms with E-state index in [0.717, 1.165) is 30.8 Å². The van der Waals surface area contributed by atoms with Crippen LogP contribution in [0.5, 0.6) is 0 Å². The molecule has 1 aliphatic rings. The van der Waals surface area contributed by atoms with Gasteiger partial charge in [0.15, 0.2) is 5.82 Å². The van der Waals surface area contributed by atoms with Crippen LogP contribution in [0, 0.1) is 0 Å². The molecule has 1 unspecified atom stereocenters. The van der Waals surface area contributed by atoms with E-state index in [9.17, 15) is 0 Å². The number of pyridine rings is 1. The third kappa shape index (κ3) is 4.16. The average Bonchev–Trinajstić information content (AvgIpc) is 3.09. The fourth-order valence-electron chi connectivity index (χ4n) is 2.27. The van der Waals surface area contributed by atoms with Gasteiger partial charge in [0.05, 0.1) is 5.56 Å². The van der Waals surface area contributed by atoms with Gasteiger partial charge in [-0.2, -0.15) is 4.98 Å². The first-order valence-corrected chi connectivity index (χ1v) is 6.38. The molecule has 1 atom stereocenters. The summed E-state index contributed by atoms with van der Waals surface area (Å²) in [6.07, 6.45) is 7.93. The highest BCUT2D eigenvalue weighted by molar-refractivity contribution is 5.85. The number of aromatic nitrogens is 3. The molecule has 0 spiro atoms. The summed E-state index contributed by atoms with van der Waals surface area (Å²) in [6.45, 7) is 1.14. The molecule has 1 saturated heterocycles. The standard InChI is InChI=1S/C13H16N4O.2ClH/c1-3-10(9-14-7-1)13-16-12(17-18-13)6-5-11-4-2-8-15-11;;/h1,3,7,9,11,15H,2,4-6,8H2;2*1H. The van der Waals surface area contributed by atoms with Crippen LogP contribution in [0.15, 0.2) is 29.0 Å². The van der Waals surface area contributed by atoms with Crippen molar-refractivity contribution >= 4 is 24.8 Å². The minimum Gasteiger partial charge on any atom is -0.334 e. The summed E-state index contributed by atoms with van der Waals surface area (Å²) >= 11 is 0. The van der Waals surface area contributed by atoms with Crippen LogP contribution in [0.2, 0.25) is 0 Å². The Balaban J connectivity index is 0.000001000. The molecule has 0 bridgehead atoms. The zero-order chi connectivity index (χ0) is 12.2. The summed E-state index contributed by atoms with van der Waals surface area (Å²) in [5.74, 6) is 1.33. The summed E-state index contributed by atoms with van der Waals surface area (Å²) in [5.41, 5.74) is 0.871. The lowest BCUT2D eigenvalue weighted by atomic mass is 10.1. The van der Waals surface area contributed by atoms with Crippen molar-refractivity contribution in [3.63, 3.8) is 0 Å². The van der Waals surface area contributed by atoms with Gasteiger partial charge in [-0.1, -0.05) is 5.16 Å². The van der Waals surface area contributed by atoms with Gasteiger partial charge in [0, 0.05) is 24.9 Å². The molecule has 2 aromatic rings. The third-order valence-corrected chi connectivity index (χ3v) is 3.26. The second-order valence-electron chi connectivity index (χ2n) is 4.59. The number of nitrogens with one attached hydrogen (secondary N) is 1. The van der Waals surface area contributed by atoms with Gasteiger partial charge in [0.2, 0.25) is 0 Å². The normalized spacial score (nSPS) is 17.3. The number of rotatable bonds is 4. The maximum absolute atomic E-state index is 5.24. The van der Waals surface area contributed by atoms with E-state index in [1.54, 1.807) is 12.4 Å². The van der Waals surface area contributed by atoms with Crippen LogP contribution in [0.4, 0.5) is 0 Å². The van der Waals surface area contributed by atoms with Gasteiger partial charge < -0.3 is 9.84 Å². The Morgan fingerprint density at radius 1 is 1.35 bits per heavy atom. The van der Waals surface area contributed by atoms with Gasteiger partial charge in [-0.05, 0) is 37.9 Å². The molecule has 0 saturated carbocycles.